The van der Waals surface area contributed by atoms with Gasteiger partial charge in [-0.05, 0) is 183 Å². The Kier molecular flexibility index (Phi) is 25.7. The Morgan fingerprint density at radius 1 is 0.461 bits per heavy atom. The molecular weight excluding hydrogens is 1010 g/mol. The second-order valence-electron chi connectivity index (χ2n) is 23.9. The van der Waals surface area contributed by atoms with E-state index in [0.717, 1.165) is 12.5 Å². The van der Waals surface area contributed by atoms with Gasteiger partial charge in [0.15, 0.2) is 16.6 Å². The van der Waals surface area contributed by atoms with Gasteiger partial charge in [0.2, 0.25) is 17.8 Å². The standard InChI is InChI=1S/C57H92N6O10Si3/c1-37(2)31-41(9)68-51(64)49(52(65)69-42(10)32-38(3)4)35-45-21-25-47(26-22-45)59-56-61-55(58-29-20-30-76(19,72-74(13,14)15)73-75(16,17)18)62-57(63-56)60-48-27-23-46(24-28-48)36-50(53(66)70-43(11)33-39(5)6)54(67)71-44(12)34-40(7)8/h21-28,35-44H,20,29-34H2,1-19H3,(H3,58,59,60,61,62,63). The predicted molar refractivity (Wildman–Crippen MR) is 314 cm³/mol. The summed E-state index contributed by atoms with van der Waals surface area (Å²) in [4.78, 5) is 68.1. The van der Waals surface area contributed by atoms with Gasteiger partial charge in [0, 0.05) is 17.9 Å². The van der Waals surface area contributed by atoms with Gasteiger partial charge in [-0.15, -0.1) is 0 Å². The van der Waals surface area contributed by atoms with Crippen LogP contribution in [-0.2, 0) is 46.4 Å². The Bertz CT molecular complexity index is 2180. The highest BCUT2D eigenvalue weighted by atomic mass is 28.5. The maximum atomic E-state index is 13.5. The van der Waals surface area contributed by atoms with Crippen molar-refractivity contribution in [2.75, 3.05) is 22.5 Å². The van der Waals surface area contributed by atoms with Gasteiger partial charge in [0.1, 0.15) is 11.1 Å². The maximum Gasteiger partial charge on any atom is 0.345 e. The zero-order valence-corrected chi connectivity index (χ0v) is 52.3. The highest BCUT2D eigenvalue weighted by Gasteiger charge is 2.40. The molecule has 19 heteroatoms. The van der Waals surface area contributed by atoms with Crippen LogP contribution in [0.1, 0.15) is 126 Å². The molecule has 3 rings (SSSR count). The Morgan fingerprint density at radius 2 is 0.750 bits per heavy atom. The molecule has 0 radical (unpaired) electrons. The van der Waals surface area contributed by atoms with E-state index in [4.69, 9.17) is 42.1 Å². The number of carbonyl (C=O) groups excluding carboxylic acids is 4. The number of esters is 4. The highest BCUT2D eigenvalue weighted by molar-refractivity contribution is 6.87. The van der Waals surface area contributed by atoms with E-state index < -0.39 is 73.5 Å². The van der Waals surface area contributed by atoms with Crippen LogP contribution < -0.4 is 16.0 Å². The summed E-state index contributed by atoms with van der Waals surface area (Å²) in [6.45, 7) is 39.5. The van der Waals surface area contributed by atoms with Gasteiger partial charge < -0.3 is 43.1 Å². The van der Waals surface area contributed by atoms with E-state index in [9.17, 15) is 19.2 Å². The molecule has 16 nitrogen and oxygen atoms in total. The lowest BCUT2D eigenvalue weighted by molar-refractivity contribution is -0.154. The summed E-state index contributed by atoms with van der Waals surface area (Å²) in [5, 5.41) is 9.96. The van der Waals surface area contributed by atoms with Gasteiger partial charge in [0.25, 0.3) is 0 Å². The van der Waals surface area contributed by atoms with Crippen LogP contribution in [0.4, 0.5) is 29.2 Å². The molecule has 0 fully saturated rings. The van der Waals surface area contributed by atoms with Crippen LogP contribution in [0.3, 0.4) is 0 Å². The van der Waals surface area contributed by atoms with Crippen molar-refractivity contribution in [1.82, 2.24) is 15.0 Å². The Morgan fingerprint density at radius 3 is 1.03 bits per heavy atom. The largest absolute Gasteiger partial charge is 0.459 e. The maximum absolute atomic E-state index is 13.5. The van der Waals surface area contributed by atoms with Crippen LogP contribution in [0.15, 0.2) is 59.7 Å². The SMILES string of the molecule is CC(C)CC(C)OC(=O)C(=Cc1ccc(Nc2nc(NCCC[Si](C)(O[Si](C)(C)C)O[Si](C)(C)C)nc(Nc3ccc(C=C(C(=O)OC(C)CC(C)C)C(=O)OC(C)CC(C)C)cc3)n2)cc1)C(=O)OC(C)CC(C)C. The molecule has 2 aromatic carbocycles. The van der Waals surface area contributed by atoms with Crippen molar-refractivity contribution in [3.63, 3.8) is 0 Å². The van der Waals surface area contributed by atoms with Crippen LogP contribution in [0.5, 0.6) is 0 Å². The Hall–Kier alpha value is -5.22. The fourth-order valence-corrected chi connectivity index (χ4v) is 21.3. The molecule has 0 amide bonds. The molecule has 1 heterocycles. The Labute approximate surface area is 458 Å². The van der Waals surface area contributed by atoms with Crippen molar-refractivity contribution in [3.05, 3.63) is 70.8 Å². The zero-order chi connectivity index (χ0) is 57.1. The molecule has 0 spiro atoms. The molecule has 3 N–H and O–H groups in total. The van der Waals surface area contributed by atoms with Crippen molar-refractivity contribution in [3.8, 4) is 0 Å². The number of benzene rings is 2. The third kappa shape index (κ3) is 25.7. The van der Waals surface area contributed by atoms with Gasteiger partial charge in [-0.1, -0.05) is 79.7 Å². The van der Waals surface area contributed by atoms with E-state index in [-0.39, 0.29) is 23.0 Å². The molecule has 0 aliphatic rings. The number of aromatic nitrogens is 3. The molecular formula is C57H92N6O10Si3. The molecule has 0 aliphatic heterocycles. The molecule has 0 aliphatic carbocycles. The number of ether oxygens (including phenoxy) is 4. The van der Waals surface area contributed by atoms with Gasteiger partial charge in [-0.2, -0.15) is 15.0 Å². The number of anilines is 5. The quantitative estimate of drug-likeness (QED) is 0.0104. The molecule has 0 saturated carbocycles. The van der Waals surface area contributed by atoms with Gasteiger partial charge in [0.05, 0.1) is 24.4 Å². The van der Waals surface area contributed by atoms with E-state index in [0.29, 0.717) is 84.3 Å². The number of nitrogens with one attached hydrogen (secondary N) is 3. The summed E-state index contributed by atoms with van der Waals surface area (Å²) < 4.78 is 36.4. The first-order valence-electron chi connectivity index (χ1n) is 27.2. The van der Waals surface area contributed by atoms with Crippen LogP contribution >= 0.6 is 0 Å². The number of carbonyl (C=O) groups is 4. The number of rotatable bonds is 31. The fraction of sp³-hybridized carbons (Fsp3) is 0.596. The van der Waals surface area contributed by atoms with Crippen LogP contribution in [-0.4, -0.2) is 95.0 Å². The first-order chi connectivity index (χ1) is 35.3. The second kappa shape index (κ2) is 30.1. The van der Waals surface area contributed by atoms with Crippen molar-refractivity contribution >= 4 is 90.4 Å². The van der Waals surface area contributed by atoms with E-state index in [1.165, 1.54) is 12.2 Å². The molecule has 0 bridgehead atoms. The lowest BCUT2D eigenvalue weighted by atomic mass is 10.1. The summed E-state index contributed by atoms with van der Waals surface area (Å²) in [6.07, 6.45) is 4.74. The second-order valence-corrected chi connectivity index (χ2v) is 36.7. The molecule has 4 atom stereocenters. The molecule has 0 saturated heterocycles. The monoisotopic (exact) mass is 1100 g/mol. The van der Waals surface area contributed by atoms with E-state index in [1.54, 1.807) is 48.5 Å². The summed E-state index contributed by atoms with van der Waals surface area (Å²) in [6, 6.07) is 15.0. The zero-order valence-electron chi connectivity index (χ0n) is 49.3. The lowest BCUT2D eigenvalue weighted by Gasteiger charge is -2.38. The summed E-state index contributed by atoms with van der Waals surface area (Å²) >= 11 is 0. The summed E-state index contributed by atoms with van der Waals surface area (Å²) in [5.41, 5.74) is 2.03. The normalized spacial score (nSPS) is 13.6. The van der Waals surface area contributed by atoms with Gasteiger partial charge >= 0.3 is 32.4 Å². The molecule has 76 heavy (non-hydrogen) atoms. The number of hydrogen-bond donors (Lipinski definition) is 3. The minimum atomic E-state index is -2.50. The minimum absolute atomic E-state index is 0.189. The highest BCUT2D eigenvalue weighted by Crippen LogP contribution is 2.27. The number of hydrogen-bond acceptors (Lipinski definition) is 16. The van der Waals surface area contributed by atoms with Crippen LogP contribution in [0, 0.1) is 23.7 Å². The smallest absolute Gasteiger partial charge is 0.345 e. The van der Waals surface area contributed by atoms with Crippen LogP contribution in [0.2, 0.25) is 51.9 Å². The lowest BCUT2D eigenvalue weighted by Crippen LogP contribution is -2.52. The molecule has 1 aromatic heterocycles. The third-order valence-electron chi connectivity index (χ3n) is 11.1. The van der Waals surface area contributed by atoms with Crippen molar-refractivity contribution in [2.45, 2.75) is 191 Å². The molecule has 4 unspecified atom stereocenters. The minimum Gasteiger partial charge on any atom is -0.459 e. The number of nitrogens with zero attached hydrogens (tertiary/aromatic N) is 3. The van der Waals surface area contributed by atoms with Crippen molar-refractivity contribution in [2.24, 2.45) is 23.7 Å². The fourth-order valence-electron chi connectivity index (χ4n) is 8.75. The average molecular weight is 1110 g/mol. The summed E-state index contributed by atoms with van der Waals surface area (Å²) in [7, 11) is -6.29. The third-order valence-corrected chi connectivity index (χ3v) is 20.7. The van der Waals surface area contributed by atoms with E-state index >= 15 is 0 Å². The Balaban J connectivity index is 2.01. The topological polar surface area (TPSA) is 198 Å². The first-order valence-corrected chi connectivity index (χ1v) is 36.5. The van der Waals surface area contributed by atoms with Gasteiger partial charge in [-0.3, -0.25) is 0 Å². The van der Waals surface area contributed by atoms with Crippen molar-refractivity contribution < 1.29 is 46.4 Å². The van der Waals surface area contributed by atoms with Crippen molar-refractivity contribution in [1.29, 1.82) is 0 Å². The van der Waals surface area contributed by atoms with Gasteiger partial charge in [-0.25, -0.2) is 19.2 Å². The average Bonchev–Trinajstić information content (AvgIpc) is 3.24. The molecule has 3 aromatic rings. The molecule has 422 valence electrons. The summed E-state index contributed by atoms with van der Waals surface area (Å²) in [5.74, 6) is -0.993. The first kappa shape index (κ1) is 65.1. The van der Waals surface area contributed by atoms with E-state index in [2.05, 4.69) is 61.8 Å². The van der Waals surface area contributed by atoms with E-state index in [1.807, 2.05) is 83.1 Å². The predicted octanol–water partition coefficient (Wildman–Crippen LogP) is 13.6. The van der Waals surface area contributed by atoms with Crippen LogP contribution in [0.25, 0.3) is 12.2 Å².